The molecule has 140 valence electrons. The molecule has 0 saturated heterocycles. The fourth-order valence-corrected chi connectivity index (χ4v) is 2.47. The Morgan fingerprint density at radius 2 is 1.89 bits per heavy atom. The molecule has 0 aliphatic rings. The van der Waals surface area contributed by atoms with Crippen molar-refractivity contribution in [1.29, 1.82) is 5.26 Å². The number of aromatic hydroxyl groups is 1. The van der Waals surface area contributed by atoms with Crippen LogP contribution in [0, 0.1) is 11.3 Å². The number of Topliss-reactive ketones (excluding diaryl/α,β-unsaturated/α-hetero) is 1. The van der Waals surface area contributed by atoms with Crippen LogP contribution in [0.3, 0.4) is 0 Å². The number of carboxylic acids is 1. The van der Waals surface area contributed by atoms with Gasteiger partial charge in [0, 0.05) is 12.0 Å². The van der Waals surface area contributed by atoms with Crippen LogP contribution < -0.4 is 0 Å². The van der Waals surface area contributed by atoms with E-state index in [1.807, 2.05) is 0 Å². The van der Waals surface area contributed by atoms with Crippen LogP contribution in [0.2, 0.25) is 5.02 Å². The summed E-state index contributed by atoms with van der Waals surface area (Å²) in [4.78, 5) is 26.6. The lowest BCUT2D eigenvalue weighted by molar-refractivity contribution is -0.138. The topological polar surface area (TPSA) is 111 Å². The molecule has 2 N–H and O–H groups in total. The van der Waals surface area contributed by atoms with E-state index in [2.05, 4.69) is 4.98 Å². The summed E-state index contributed by atoms with van der Waals surface area (Å²) in [5.41, 5.74) is -2.00. The fourth-order valence-electron chi connectivity index (χ4n) is 2.19. The Balaban J connectivity index is 2.55. The SMILES string of the molecule is N#Cc1cc(-c2ccc(C(F)(F)F)cc2Cl)nc(C(=O)CCC(=O)O)c1O. The van der Waals surface area contributed by atoms with Crippen LogP contribution in [0.5, 0.6) is 5.75 Å². The monoisotopic (exact) mass is 398 g/mol. The first-order chi connectivity index (χ1) is 12.5. The molecule has 0 spiro atoms. The van der Waals surface area contributed by atoms with Crippen molar-refractivity contribution in [2.45, 2.75) is 19.0 Å². The highest BCUT2D eigenvalue weighted by atomic mass is 35.5. The van der Waals surface area contributed by atoms with Crippen molar-refractivity contribution < 1.29 is 33.0 Å². The molecule has 10 heteroatoms. The van der Waals surface area contributed by atoms with Crippen molar-refractivity contribution in [3.05, 3.63) is 46.1 Å². The lowest BCUT2D eigenvalue weighted by Crippen LogP contribution is -2.08. The van der Waals surface area contributed by atoms with Gasteiger partial charge in [0.05, 0.1) is 28.3 Å². The summed E-state index contributed by atoms with van der Waals surface area (Å²) in [6.45, 7) is 0. The second-order valence-corrected chi connectivity index (χ2v) is 5.78. The van der Waals surface area contributed by atoms with E-state index in [1.54, 1.807) is 6.07 Å². The number of hydrogen-bond donors (Lipinski definition) is 2. The minimum atomic E-state index is -4.61. The number of halogens is 4. The minimum absolute atomic E-state index is 0.00783. The first-order valence-corrected chi connectivity index (χ1v) is 7.68. The zero-order valence-electron chi connectivity index (χ0n) is 13.3. The molecule has 0 aliphatic carbocycles. The zero-order valence-corrected chi connectivity index (χ0v) is 14.1. The van der Waals surface area contributed by atoms with Gasteiger partial charge in [-0.05, 0) is 18.2 Å². The predicted octanol–water partition coefficient (Wildman–Crippen LogP) is 4.05. The summed E-state index contributed by atoms with van der Waals surface area (Å²) in [6.07, 6.45) is -5.61. The first kappa shape index (κ1) is 20.2. The molecule has 0 aliphatic heterocycles. The molecule has 0 amide bonds. The number of carbonyl (C=O) groups excluding carboxylic acids is 1. The molecule has 0 radical (unpaired) electrons. The number of hydrogen-bond acceptors (Lipinski definition) is 5. The highest BCUT2D eigenvalue weighted by molar-refractivity contribution is 6.33. The number of ketones is 1. The number of rotatable bonds is 5. The number of aromatic nitrogens is 1. The third kappa shape index (κ3) is 4.54. The van der Waals surface area contributed by atoms with Gasteiger partial charge in [-0.25, -0.2) is 4.98 Å². The Morgan fingerprint density at radius 3 is 2.41 bits per heavy atom. The van der Waals surface area contributed by atoms with Crippen molar-refractivity contribution in [3.8, 4) is 23.1 Å². The maximum Gasteiger partial charge on any atom is 0.416 e. The van der Waals surface area contributed by atoms with E-state index in [4.69, 9.17) is 22.0 Å². The molecule has 2 aromatic rings. The molecule has 1 aromatic carbocycles. The smallest absolute Gasteiger partial charge is 0.416 e. The van der Waals surface area contributed by atoms with Crippen LogP contribution in [-0.2, 0) is 11.0 Å². The summed E-state index contributed by atoms with van der Waals surface area (Å²) < 4.78 is 38.3. The standard InChI is InChI=1S/C17H10ClF3N2O4/c18-11-6-9(17(19,20)21)1-2-10(11)12-5-8(7-22)16(27)15(23-12)13(24)3-4-14(25)26/h1-2,5-6,27H,3-4H2,(H,25,26). The molecule has 1 heterocycles. The fraction of sp³-hybridized carbons (Fsp3) is 0.176. The molecule has 6 nitrogen and oxygen atoms in total. The van der Waals surface area contributed by atoms with Gasteiger partial charge in [-0.2, -0.15) is 18.4 Å². The minimum Gasteiger partial charge on any atom is -0.504 e. The number of benzene rings is 1. The van der Waals surface area contributed by atoms with Gasteiger partial charge in [0.1, 0.15) is 11.8 Å². The molecule has 2 rings (SSSR count). The van der Waals surface area contributed by atoms with Gasteiger partial charge < -0.3 is 10.2 Å². The second kappa shape index (κ2) is 7.63. The molecule has 1 aromatic heterocycles. The summed E-state index contributed by atoms with van der Waals surface area (Å²) >= 11 is 5.89. The van der Waals surface area contributed by atoms with Gasteiger partial charge in [-0.3, -0.25) is 9.59 Å². The van der Waals surface area contributed by atoms with E-state index in [1.165, 1.54) is 0 Å². The van der Waals surface area contributed by atoms with E-state index < -0.39 is 47.8 Å². The highest BCUT2D eigenvalue weighted by Crippen LogP contribution is 2.36. The van der Waals surface area contributed by atoms with Gasteiger partial charge in [0.15, 0.2) is 11.5 Å². The average Bonchev–Trinajstić information content (AvgIpc) is 2.59. The number of aliphatic carboxylic acids is 1. The van der Waals surface area contributed by atoms with Gasteiger partial charge >= 0.3 is 12.1 Å². The number of nitrogens with zero attached hydrogens (tertiary/aromatic N) is 2. The molecule has 27 heavy (non-hydrogen) atoms. The van der Waals surface area contributed by atoms with Crippen molar-refractivity contribution in [1.82, 2.24) is 4.98 Å². The Kier molecular flexibility index (Phi) is 5.71. The van der Waals surface area contributed by atoms with E-state index in [0.717, 1.165) is 18.2 Å². The van der Waals surface area contributed by atoms with Gasteiger partial charge in [0.25, 0.3) is 0 Å². The van der Waals surface area contributed by atoms with Crippen LogP contribution in [0.15, 0.2) is 24.3 Å². The quantitative estimate of drug-likeness (QED) is 0.735. The van der Waals surface area contributed by atoms with Crippen molar-refractivity contribution in [2.75, 3.05) is 0 Å². The van der Waals surface area contributed by atoms with E-state index >= 15 is 0 Å². The first-order valence-electron chi connectivity index (χ1n) is 7.30. The molecule has 0 bridgehead atoms. The highest BCUT2D eigenvalue weighted by Gasteiger charge is 2.31. The summed E-state index contributed by atoms with van der Waals surface area (Å²) in [6, 6.07) is 5.16. The van der Waals surface area contributed by atoms with E-state index in [-0.39, 0.29) is 21.8 Å². The zero-order chi connectivity index (χ0) is 20.4. The molecule has 0 saturated carbocycles. The largest absolute Gasteiger partial charge is 0.504 e. The van der Waals surface area contributed by atoms with Crippen LogP contribution in [-0.4, -0.2) is 26.9 Å². The summed E-state index contributed by atoms with van der Waals surface area (Å²) in [7, 11) is 0. The summed E-state index contributed by atoms with van der Waals surface area (Å²) in [5.74, 6) is -2.82. The average molecular weight is 399 g/mol. The van der Waals surface area contributed by atoms with Crippen LogP contribution in [0.25, 0.3) is 11.3 Å². The van der Waals surface area contributed by atoms with Gasteiger partial charge in [-0.15, -0.1) is 0 Å². The third-order valence-corrected chi connectivity index (χ3v) is 3.83. The molecule has 0 atom stereocenters. The number of carboxylic acid groups (broad SMARTS) is 1. The molecule has 0 fully saturated rings. The third-order valence-electron chi connectivity index (χ3n) is 3.52. The van der Waals surface area contributed by atoms with Crippen molar-refractivity contribution in [3.63, 3.8) is 0 Å². The Hall–Kier alpha value is -3.12. The number of carbonyl (C=O) groups is 2. The number of alkyl halides is 3. The number of nitriles is 1. The van der Waals surface area contributed by atoms with Crippen LogP contribution in [0.1, 0.15) is 34.5 Å². The van der Waals surface area contributed by atoms with Gasteiger partial charge in [0.2, 0.25) is 0 Å². The van der Waals surface area contributed by atoms with Crippen molar-refractivity contribution >= 4 is 23.4 Å². The van der Waals surface area contributed by atoms with Crippen molar-refractivity contribution in [2.24, 2.45) is 0 Å². The second-order valence-electron chi connectivity index (χ2n) is 5.37. The lowest BCUT2D eigenvalue weighted by atomic mass is 10.0. The maximum atomic E-state index is 12.8. The predicted molar refractivity (Wildman–Crippen MR) is 87.3 cm³/mol. The van der Waals surface area contributed by atoms with E-state index in [9.17, 15) is 27.9 Å². The Labute approximate surface area is 155 Å². The Morgan fingerprint density at radius 1 is 1.22 bits per heavy atom. The molecular weight excluding hydrogens is 389 g/mol. The van der Waals surface area contributed by atoms with Gasteiger partial charge in [-0.1, -0.05) is 17.7 Å². The maximum absolute atomic E-state index is 12.8. The molecular formula is C17H10ClF3N2O4. The van der Waals surface area contributed by atoms with E-state index in [0.29, 0.717) is 6.07 Å². The number of pyridine rings is 1. The van der Waals surface area contributed by atoms with Crippen LogP contribution >= 0.6 is 11.6 Å². The van der Waals surface area contributed by atoms with Crippen LogP contribution in [0.4, 0.5) is 13.2 Å². The summed E-state index contributed by atoms with van der Waals surface area (Å²) in [5, 5.41) is 27.4. The molecule has 0 unspecified atom stereocenters. The lowest BCUT2D eigenvalue weighted by Gasteiger charge is -2.12. The normalized spacial score (nSPS) is 11.1. The Bertz CT molecular complexity index is 968.